The van der Waals surface area contributed by atoms with Crippen molar-refractivity contribution in [2.45, 2.75) is 33.0 Å². The van der Waals surface area contributed by atoms with Crippen LogP contribution in [0.4, 0.5) is 0 Å². The lowest BCUT2D eigenvalue weighted by Gasteiger charge is -2.19. The third-order valence-electron chi connectivity index (χ3n) is 1.69. The number of aromatic nitrogens is 1. The number of aromatic hydroxyl groups is 1. The number of esters is 1. The molecule has 0 saturated heterocycles. The minimum Gasteiger partial charge on any atom is -0.506 e. The van der Waals surface area contributed by atoms with Gasteiger partial charge in [-0.25, -0.2) is 4.79 Å². The summed E-state index contributed by atoms with van der Waals surface area (Å²) in [4.78, 5) is 15.1. The molecule has 1 rings (SSSR count). The second-order valence-electron chi connectivity index (χ2n) is 4.63. The number of ether oxygens (including phenoxy) is 2. The molecule has 0 atom stereocenters. The summed E-state index contributed by atoms with van der Waals surface area (Å²) in [6, 6.07) is 1.53. The van der Waals surface area contributed by atoms with Crippen molar-refractivity contribution in [3.63, 3.8) is 0 Å². The molecule has 0 radical (unpaired) electrons. The van der Waals surface area contributed by atoms with Gasteiger partial charge in [-0.15, -0.1) is 0 Å². The van der Waals surface area contributed by atoms with Crippen molar-refractivity contribution in [2.75, 3.05) is 6.61 Å². The molecule has 0 bridgehead atoms. The van der Waals surface area contributed by atoms with Crippen molar-refractivity contribution < 1.29 is 19.4 Å². The predicted octanol–water partition coefficient (Wildman–Crippen LogP) is 1.65. The fourth-order valence-electron chi connectivity index (χ4n) is 1.18. The summed E-state index contributed by atoms with van der Waals surface area (Å²) in [6.45, 7) is 5.48. The number of carbonyl (C=O) groups is 1. The van der Waals surface area contributed by atoms with Gasteiger partial charge in [0.2, 0.25) is 0 Å². The summed E-state index contributed by atoms with van der Waals surface area (Å²) >= 11 is 0. The molecule has 1 N–H and O–H groups in total. The smallest absolute Gasteiger partial charge is 0.332 e. The van der Waals surface area contributed by atoms with Crippen LogP contribution in [0.1, 0.15) is 26.3 Å². The number of pyridine rings is 1. The van der Waals surface area contributed by atoms with Crippen LogP contribution in [0.3, 0.4) is 0 Å². The van der Waals surface area contributed by atoms with E-state index in [-0.39, 0.29) is 19.0 Å². The molecule has 0 saturated carbocycles. The Balaban J connectivity index is 2.31. The molecule has 0 spiro atoms. The topological polar surface area (TPSA) is 68.7 Å². The molecular formula is C12H17NO4. The van der Waals surface area contributed by atoms with E-state index in [4.69, 9.17) is 14.6 Å². The van der Waals surface area contributed by atoms with Crippen molar-refractivity contribution in [3.05, 3.63) is 24.0 Å². The molecule has 0 amide bonds. The Morgan fingerprint density at radius 2 is 2.12 bits per heavy atom. The van der Waals surface area contributed by atoms with Crippen molar-refractivity contribution in [1.82, 2.24) is 4.98 Å². The summed E-state index contributed by atoms with van der Waals surface area (Å²) in [5.74, 6) is -0.339. The lowest BCUT2D eigenvalue weighted by molar-refractivity contribution is -0.160. The van der Waals surface area contributed by atoms with Gasteiger partial charge in [-0.05, 0) is 32.4 Å². The zero-order valence-electron chi connectivity index (χ0n) is 10.3. The van der Waals surface area contributed by atoms with Crippen molar-refractivity contribution in [3.8, 4) is 5.75 Å². The highest BCUT2D eigenvalue weighted by Crippen LogP contribution is 2.10. The SMILES string of the molecule is CC(C)(C)OC(=O)COCc1cncc(O)c1. The molecule has 1 aromatic heterocycles. The van der Waals surface area contributed by atoms with E-state index in [0.717, 1.165) is 0 Å². The Labute approximate surface area is 100 Å². The van der Waals surface area contributed by atoms with Crippen LogP contribution in [0.25, 0.3) is 0 Å². The van der Waals surface area contributed by atoms with Gasteiger partial charge in [0.15, 0.2) is 0 Å². The number of hydrogen-bond donors (Lipinski definition) is 1. The molecular weight excluding hydrogens is 222 g/mol. The van der Waals surface area contributed by atoms with Gasteiger partial charge in [0, 0.05) is 6.20 Å². The molecule has 17 heavy (non-hydrogen) atoms. The summed E-state index contributed by atoms with van der Waals surface area (Å²) in [5, 5.41) is 9.16. The fraction of sp³-hybridized carbons (Fsp3) is 0.500. The number of nitrogens with zero attached hydrogens (tertiary/aromatic N) is 1. The average Bonchev–Trinajstić information content (AvgIpc) is 2.14. The first-order valence-electron chi connectivity index (χ1n) is 5.29. The second kappa shape index (κ2) is 5.63. The lowest BCUT2D eigenvalue weighted by atomic mass is 10.2. The van der Waals surface area contributed by atoms with Crippen LogP contribution in [0.5, 0.6) is 5.75 Å². The van der Waals surface area contributed by atoms with Gasteiger partial charge in [0.1, 0.15) is 18.0 Å². The van der Waals surface area contributed by atoms with Gasteiger partial charge in [0.25, 0.3) is 0 Å². The van der Waals surface area contributed by atoms with E-state index in [1.165, 1.54) is 12.3 Å². The van der Waals surface area contributed by atoms with Gasteiger partial charge in [-0.1, -0.05) is 0 Å². The van der Waals surface area contributed by atoms with E-state index < -0.39 is 11.6 Å². The lowest BCUT2D eigenvalue weighted by Crippen LogP contribution is -2.26. The van der Waals surface area contributed by atoms with Gasteiger partial charge < -0.3 is 14.6 Å². The predicted molar refractivity (Wildman–Crippen MR) is 61.4 cm³/mol. The van der Waals surface area contributed by atoms with Crippen LogP contribution in [-0.4, -0.2) is 28.3 Å². The summed E-state index contributed by atoms with van der Waals surface area (Å²) < 4.78 is 10.2. The van der Waals surface area contributed by atoms with Crippen molar-refractivity contribution in [2.24, 2.45) is 0 Å². The van der Waals surface area contributed by atoms with E-state index in [2.05, 4.69) is 4.98 Å². The van der Waals surface area contributed by atoms with Crippen LogP contribution < -0.4 is 0 Å². The highest BCUT2D eigenvalue weighted by Gasteiger charge is 2.15. The molecule has 94 valence electrons. The Kier molecular flexibility index (Phi) is 4.45. The molecule has 0 unspecified atom stereocenters. The summed E-state index contributed by atoms with van der Waals surface area (Å²) in [7, 11) is 0. The standard InChI is InChI=1S/C12H17NO4/c1-12(2,3)17-11(15)8-16-7-9-4-10(14)6-13-5-9/h4-6,14H,7-8H2,1-3H3. The zero-order chi connectivity index (χ0) is 12.9. The van der Waals surface area contributed by atoms with Crippen LogP contribution in [-0.2, 0) is 20.9 Å². The Morgan fingerprint density at radius 3 is 2.71 bits per heavy atom. The van der Waals surface area contributed by atoms with Gasteiger partial charge in [0.05, 0.1) is 12.8 Å². The Bertz CT molecular complexity index is 384. The quantitative estimate of drug-likeness (QED) is 0.809. The molecule has 0 aliphatic rings. The molecule has 0 fully saturated rings. The zero-order valence-corrected chi connectivity index (χ0v) is 10.3. The number of rotatable bonds is 4. The minimum atomic E-state index is -0.507. The minimum absolute atomic E-state index is 0.0726. The first kappa shape index (κ1) is 13.4. The molecule has 1 aromatic rings. The average molecular weight is 239 g/mol. The molecule has 0 aromatic carbocycles. The van der Waals surface area contributed by atoms with E-state index in [1.54, 1.807) is 27.0 Å². The maximum atomic E-state index is 11.3. The van der Waals surface area contributed by atoms with Crippen LogP contribution in [0.15, 0.2) is 18.5 Å². The van der Waals surface area contributed by atoms with Gasteiger partial charge in [-0.3, -0.25) is 4.98 Å². The highest BCUT2D eigenvalue weighted by atomic mass is 16.6. The third kappa shape index (κ3) is 5.87. The van der Waals surface area contributed by atoms with E-state index in [0.29, 0.717) is 5.56 Å². The monoisotopic (exact) mass is 239 g/mol. The fourth-order valence-corrected chi connectivity index (χ4v) is 1.18. The summed E-state index contributed by atoms with van der Waals surface area (Å²) in [6.07, 6.45) is 2.90. The maximum Gasteiger partial charge on any atom is 0.332 e. The Morgan fingerprint density at radius 1 is 1.41 bits per heavy atom. The Hall–Kier alpha value is -1.62. The summed E-state index contributed by atoms with van der Waals surface area (Å²) in [5.41, 5.74) is 0.195. The number of hydrogen-bond acceptors (Lipinski definition) is 5. The van der Waals surface area contributed by atoms with Crippen LogP contribution in [0.2, 0.25) is 0 Å². The van der Waals surface area contributed by atoms with Crippen LogP contribution in [0, 0.1) is 0 Å². The maximum absolute atomic E-state index is 11.3. The van der Waals surface area contributed by atoms with Crippen molar-refractivity contribution in [1.29, 1.82) is 0 Å². The highest BCUT2D eigenvalue weighted by molar-refractivity contribution is 5.71. The van der Waals surface area contributed by atoms with E-state index in [9.17, 15) is 4.79 Å². The first-order chi connectivity index (χ1) is 7.87. The molecule has 0 aliphatic carbocycles. The second-order valence-corrected chi connectivity index (χ2v) is 4.63. The normalized spacial score (nSPS) is 11.2. The molecule has 1 heterocycles. The van der Waals surface area contributed by atoms with E-state index >= 15 is 0 Å². The van der Waals surface area contributed by atoms with Crippen LogP contribution >= 0.6 is 0 Å². The number of carbonyl (C=O) groups excluding carboxylic acids is 1. The van der Waals surface area contributed by atoms with Gasteiger partial charge >= 0.3 is 5.97 Å². The van der Waals surface area contributed by atoms with Crippen molar-refractivity contribution >= 4 is 5.97 Å². The largest absolute Gasteiger partial charge is 0.506 e. The molecule has 5 nitrogen and oxygen atoms in total. The van der Waals surface area contributed by atoms with E-state index in [1.807, 2.05) is 0 Å². The van der Waals surface area contributed by atoms with Gasteiger partial charge in [-0.2, -0.15) is 0 Å². The molecule has 0 aliphatic heterocycles. The first-order valence-corrected chi connectivity index (χ1v) is 5.29. The third-order valence-corrected chi connectivity index (χ3v) is 1.69. The molecule has 5 heteroatoms.